The second-order valence-electron chi connectivity index (χ2n) is 4.76. The minimum absolute atomic E-state index is 0.194. The van der Waals surface area contributed by atoms with Gasteiger partial charge in [0, 0.05) is 17.7 Å². The van der Waals surface area contributed by atoms with Gasteiger partial charge in [0.25, 0.3) is 0 Å². The molecule has 0 bridgehead atoms. The number of halogens is 1. The Balaban J connectivity index is 2.35. The van der Waals surface area contributed by atoms with Gasteiger partial charge < -0.3 is 5.11 Å². The molecule has 0 aliphatic carbocycles. The Morgan fingerprint density at radius 2 is 1.65 bits per heavy atom. The number of phenols is 1. The summed E-state index contributed by atoms with van der Waals surface area (Å²) in [6.45, 7) is 6.84. The average Bonchev–Trinajstić information content (AvgIpc) is 2.50. The monoisotopic (exact) mass is 289 g/mol. The van der Waals surface area contributed by atoms with Crippen LogP contribution in [-0.2, 0) is 6.54 Å². The molecule has 0 aromatic heterocycles. The molecule has 20 heavy (non-hydrogen) atoms. The molecule has 2 nitrogen and oxygen atoms in total. The van der Waals surface area contributed by atoms with Crippen LogP contribution in [-0.4, -0.2) is 23.1 Å². The van der Waals surface area contributed by atoms with Crippen molar-refractivity contribution in [1.29, 1.82) is 0 Å². The number of hydrogen-bond acceptors (Lipinski definition) is 2. The Morgan fingerprint density at radius 3 is 2.25 bits per heavy atom. The molecule has 0 saturated carbocycles. The third-order valence-corrected chi connectivity index (χ3v) is 3.96. The summed E-state index contributed by atoms with van der Waals surface area (Å²) in [5, 5.41) is 10.8. The predicted molar refractivity (Wildman–Crippen MR) is 85.2 cm³/mol. The topological polar surface area (TPSA) is 23.5 Å². The lowest BCUT2D eigenvalue weighted by Gasteiger charge is -2.19. The van der Waals surface area contributed by atoms with Gasteiger partial charge in [0.2, 0.25) is 0 Å². The normalized spacial score (nSPS) is 11.0. The number of hydrogen-bond donors (Lipinski definition) is 1. The standard InChI is InChI=1S/C17H20ClNO/c1-3-19(4-2)12-14-10-11-15(16(18)17(14)20)13-8-6-5-7-9-13/h5-11,20H,3-4,12H2,1-2H3. The van der Waals surface area contributed by atoms with Crippen LogP contribution in [0.25, 0.3) is 11.1 Å². The number of aromatic hydroxyl groups is 1. The molecule has 0 aliphatic rings. The van der Waals surface area contributed by atoms with Crippen molar-refractivity contribution >= 4 is 11.6 Å². The van der Waals surface area contributed by atoms with Crippen LogP contribution in [0.15, 0.2) is 42.5 Å². The Hall–Kier alpha value is -1.51. The minimum atomic E-state index is 0.194. The molecule has 0 saturated heterocycles. The first kappa shape index (κ1) is 14.9. The lowest BCUT2D eigenvalue weighted by molar-refractivity contribution is 0.291. The third kappa shape index (κ3) is 3.14. The molecule has 2 rings (SSSR count). The lowest BCUT2D eigenvalue weighted by atomic mass is 10.0. The molecule has 0 amide bonds. The van der Waals surface area contributed by atoms with Crippen molar-refractivity contribution in [2.24, 2.45) is 0 Å². The van der Waals surface area contributed by atoms with Crippen molar-refractivity contribution in [3.05, 3.63) is 53.1 Å². The first-order valence-corrected chi connectivity index (χ1v) is 7.33. The summed E-state index contributed by atoms with van der Waals surface area (Å²) in [7, 11) is 0. The summed E-state index contributed by atoms with van der Waals surface area (Å²) >= 11 is 6.33. The van der Waals surface area contributed by atoms with Crippen molar-refractivity contribution in [1.82, 2.24) is 4.90 Å². The smallest absolute Gasteiger partial charge is 0.139 e. The second-order valence-corrected chi connectivity index (χ2v) is 5.14. The van der Waals surface area contributed by atoms with Crippen molar-refractivity contribution in [3.63, 3.8) is 0 Å². The molecule has 0 aliphatic heterocycles. The molecule has 106 valence electrons. The fourth-order valence-corrected chi connectivity index (χ4v) is 2.55. The maximum Gasteiger partial charge on any atom is 0.139 e. The number of phenolic OH excluding ortho intramolecular Hbond substituents is 1. The van der Waals surface area contributed by atoms with Crippen LogP contribution in [0, 0.1) is 0 Å². The van der Waals surface area contributed by atoms with E-state index < -0.39 is 0 Å². The first-order valence-electron chi connectivity index (χ1n) is 6.95. The number of nitrogens with zero attached hydrogens (tertiary/aromatic N) is 1. The van der Waals surface area contributed by atoms with E-state index in [1.807, 2.05) is 42.5 Å². The van der Waals surface area contributed by atoms with E-state index in [9.17, 15) is 5.11 Å². The van der Waals surface area contributed by atoms with E-state index in [0.717, 1.165) is 29.8 Å². The van der Waals surface area contributed by atoms with Crippen LogP contribution in [0.3, 0.4) is 0 Å². The van der Waals surface area contributed by atoms with Crippen molar-refractivity contribution in [3.8, 4) is 16.9 Å². The molecule has 2 aromatic carbocycles. The first-order chi connectivity index (χ1) is 9.67. The van der Waals surface area contributed by atoms with Crippen molar-refractivity contribution < 1.29 is 5.11 Å². The molecule has 3 heteroatoms. The van der Waals surface area contributed by atoms with E-state index >= 15 is 0 Å². The highest BCUT2D eigenvalue weighted by Gasteiger charge is 2.13. The maximum absolute atomic E-state index is 10.3. The van der Waals surface area contributed by atoms with E-state index in [-0.39, 0.29) is 5.75 Å². The quantitative estimate of drug-likeness (QED) is 0.872. The highest BCUT2D eigenvalue weighted by Crippen LogP contribution is 2.37. The number of rotatable bonds is 5. The summed E-state index contributed by atoms with van der Waals surface area (Å²) < 4.78 is 0. The van der Waals surface area contributed by atoms with Gasteiger partial charge >= 0.3 is 0 Å². The highest BCUT2D eigenvalue weighted by atomic mass is 35.5. The van der Waals surface area contributed by atoms with Gasteiger partial charge in [0.1, 0.15) is 5.75 Å². The molecule has 0 fully saturated rings. The minimum Gasteiger partial charge on any atom is -0.506 e. The van der Waals surface area contributed by atoms with Crippen LogP contribution >= 0.6 is 11.6 Å². The molecule has 0 atom stereocenters. The zero-order valence-electron chi connectivity index (χ0n) is 11.9. The van der Waals surface area contributed by atoms with E-state index in [0.29, 0.717) is 11.6 Å². The van der Waals surface area contributed by atoms with Crippen LogP contribution in [0.5, 0.6) is 5.75 Å². The van der Waals surface area contributed by atoms with Gasteiger partial charge in [-0.2, -0.15) is 0 Å². The van der Waals surface area contributed by atoms with E-state index in [1.165, 1.54) is 0 Å². The van der Waals surface area contributed by atoms with Gasteiger partial charge in [0.15, 0.2) is 0 Å². The second kappa shape index (κ2) is 6.78. The average molecular weight is 290 g/mol. The Bertz CT molecular complexity index is 565. The van der Waals surface area contributed by atoms with Crippen molar-refractivity contribution in [2.45, 2.75) is 20.4 Å². The Morgan fingerprint density at radius 1 is 1.00 bits per heavy atom. The predicted octanol–water partition coefficient (Wildman–Crippen LogP) is 4.55. The maximum atomic E-state index is 10.3. The zero-order valence-corrected chi connectivity index (χ0v) is 12.7. The van der Waals surface area contributed by atoms with Gasteiger partial charge in [-0.15, -0.1) is 0 Å². The number of benzene rings is 2. The van der Waals surface area contributed by atoms with E-state index in [1.54, 1.807) is 0 Å². The molecule has 0 heterocycles. The van der Waals surface area contributed by atoms with Gasteiger partial charge in [-0.05, 0) is 18.7 Å². The summed E-state index contributed by atoms with van der Waals surface area (Å²) in [6.07, 6.45) is 0. The molecule has 2 aromatic rings. The molecule has 0 unspecified atom stereocenters. The lowest BCUT2D eigenvalue weighted by Crippen LogP contribution is -2.22. The van der Waals surface area contributed by atoms with Crippen LogP contribution < -0.4 is 0 Å². The summed E-state index contributed by atoms with van der Waals surface area (Å²) in [6, 6.07) is 13.8. The Labute approximate surface area is 125 Å². The van der Waals surface area contributed by atoms with Gasteiger partial charge in [0.05, 0.1) is 5.02 Å². The third-order valence-electron chi connectivity index (χ3n) is 3.57. The highest BCUT2D eigenvalue weighted by molar-refractivity contribution is 6.34. The van der Waals surface area contributed by atoms with Crippen LogP contribution in [0.4, 0.5) is 0 Å². The molecule has 0 radical (unpaired) electrons. The summed E-state index contributed by atoms with van der Waals surface area (Å²) in [5.74, 6) is 0.194. The Kier molecular flexibility index (Phi) is 5.05. The molecular weight excluding hydrogens is 270 g/mol. The van der Waals surface area contributed by atoms with Gasteiger partial charge in [-0.25, -0.2) is 0 Å². The fourth-order valence-electron chi connectivity index (χ4n) is 2.26. The van der Waals surface area contributed by atoms with Gasteiger partial charge in [-0.3, -0.25) is 4.90 Å². The fraction of sp³-hybridized carbons (Fsp3) is 0.294. The van der Waals surface area contributed by atoms with Crippen molar-refractivity contribution in [2.75, 3.05) is 13.1 Å². The zero-order chi connectivity index (χ0) is 14.5. The van der Waals surface area contributed by atoms with Crippen LogP contribution in [0.1, 0.15) is 19.4 Å². The SMILES string of the molecule is CCN(CC)Cc1ccc(-c2ccccc2)c(Cl)c1O. The van der Waals surface area contributed by atoms with Gasteiger partial charge in [-0.1, -0.05) is 67.9 Å². The van der Waals surface area contributed by atoms with E-state index in [2.05, 4.69) is 18.7 Å². The largest absolute Gasteiger partial charge is 0.506 e. The van der Waals surface area contributed by atoms with E-state index in [4.69, 9.17) is 11.6 Å². The summed E-state index contributed by atoms with van der Waals surface area (Å²) in [4.78, 5) is 2.24. The van der Waals surface area contributed by atoms with Crippen LogP contribution in [0.2, 0.25) is 5.02 Å². The summed E-state index contributed by atoms with van der Waals surface area (Å²) in [5.41, 5.74) is 2.76. The molecule has 1 N–H and O–H groups in total. The molecule has 0 spiro atoms. The molecular formula is C17H20ClNO.